The Hall–Kier alpha value is -0.730. The topological polar surface area (TPSA) is 58.0 Å². The molecule has 11 heavy (non-hydrogen) atoms. The Morgan fingerprint density at radius 2 is 2.45 bits per heavy atom. The third kappa shape index (κ3) is 1.32. The predicted octanol–water partition coefficient (Wildman–Crippen LogP) is 1.87. The van der Waals surface area contributed by atoms with Crippen LogP contribution in [0.1, 0.15) is 19.3 Å². The Balaban J connectivity index is 1.84. The molecular formula is C7H11N3O. The summed E-state index contributed by atoms with van der Waals surface area (Å²) in [5, 5.41) is 3.50. The normalized spacial score (nSPS) is 31.8. The highest BCUT2D eigenvalue weighted by atomic mass is 16.5. The van der Waals surface area contributed by atoms with Gasteiger partial charge in [-0.2, -0.15) is 0 Å². The number of hydrogen-bond donors (Lipinski definition) is 0. The number of rotatable bonds is 2. The van der Waals surface area contributed by atoms with Gasteiger partial charge in [0, 0.05) is 4.91 Å². The molecule has 0 aromatic carbocycles. The Morgan fingerprint density at radius 3 is 3.00 bits per heavy atom. The fraction of sp³-hybridized carbons (Fsp3) is 1.00. The van der Waals surface area contributed by atoms with E-state index in [4.69, 9.17) is 10.3 Å². The minimum absolute atomic E-state index is 0.202. The van der Waals surface area contributed by atoms with Crippen LogP contribution in [0.2, 0.25) is 0 Å². The van der Waals surface area contributed by atoms with E-state index in [1.165, 1.54) is 12.8 Å². The lowest BCUT2D eigenvalue weighted by molar-refractivity contribution is 0.111. The molecule has 1 aliphatic heterocycles. The number of hydrogen-bond acceptors (Lipinski definition) is 2. The molecule has 2 aliphatic rings. The van der Waals surface area contributed by atoms with Crippen molar-refractivity contribution in [3.8, 4) is 0 Å². The van der Waals surface area contributed by atoms with Crippen LogP contribution in [0.25, 0.3) is 10.4 Å². The minimum atomic E-state index is 0.202. The van der Waals surface area contributed by atoms with Crippen LogP contribution in [0.5, 0.6) is 0 Å². The second kappa shape index (κ2) is 2.40. The van der Waals surface area contributed by atoms with Gasteiger partial charge in [-0.1, -0.05) is 5.11 Å². The summed E-state index contributed by atoms with van der Waals surface area (Å²) in [6.45, 7) is 1.40. The largest absolute Gasteiger partial charge is 0.377 e. The second-order valence-corrected chi connectivity index (χ2v) is 3.55. The van der Waals surface area contributed by atoms with E-state index < -0.39 is 0 Å². The monoisotopic (exact) mass is 153 g/mol. The molecule has 2 fully saturated rings. The van der Waals surface area contributed by atoms with Crippen LogP contribution < -0.4 is 0 Å². The molecule has 2 rings (SSSR count). The first-order valence-electron chi connectivity index (χ1n) is 3.97. The van der Waals surface area contributed by atoms with Crippen molar-refractivity contribution in [2.24, 2.45) is 10.5 Å². The van der Waals surface area contributed by atoms with E-state index in [-0.39, 0.29) is 6.10 Å². The maximum absolute atomic E-state index is 8.08. The van der Waals surface area contributed by atoms with Gasteiger partial charge in [0.2, 0.25) is 0 Å². The van der Waals surface area contributed by atoms with Gasteiger partial charge in [-0.3, -0.25) is 0 Å². The van der Waals surface area contributed by atoms with Crippen molar-refractivity contribution < 1.29 is 4.74 Å². The highest BCUT2D eigenvalue weighted by molar-refractivity contribution is 4.99. The van der Waals surface area contributed by atoms with Gasteiger partial charge in [0.25, 0.3) is 0 Å². The zero-order valence-corrected chi connectivity index (χ0v) is 6.36. The lowest BCUT2D eigenvalue weighted by atomic mass is 10.0. The maximum atomic E-state index is 8.08. The van der Waals surface area contributed by atoms with Crippen LogP contribution in [0.3, 0.4) is 0 Å². The summed E-state index contributed by atoms with van der Waals surface area (Å²) < 4.78 is 5.47. The van der Waals surface area contributed by atoms with E-state index in [1.54, 1.807) is 0 Å². The van der Waals surface area contributed by atoms with E-state index in [1.807, 2.05) is 0 Å². The molecule has 1 unspecified atom stereocenters. The Morgan fingerprint density at radius 1 is 1.64 bits per heavy atom. The SMILES string of the molecule is [N-]=[N+]=NCC1CC2(CC2)CO1. The third-order valence-electron chi connectivity index (χ3n) is 2.59. The molecule has 1 spiro atoms. The molecule has 0 aromatic heterocycles. The number of ether oxygens (including phenoxy) is 1. The lowest BCUT2D eigenvalue weighted by Crippen LogP contribution is -2.08. The van der Waals surface area contributed by atoms with Crippen molar-refractivity contribution in [3.63, 3.8) is 0 Å². The van der Waals surface area contributed by atoms with E-state index in [0.717, 1.165) is 13.0 Å². The van der Waals surface area contributed by atoms with Gasteiger partial charge >= 0.3 is 0 Å². The summed E-state index contributed by atoms with van der Waals surface area (Å²) in [7, 11) is 0. The first kappa shape index (κ1) is 6.95. The fourth-order valence-corrected chi connectivity index (χ4v) is 1.67. The van der Waals surface area contributed by atoms with E-state index in [2.05, 4.69) is 10.0 Å². The summed E-state index contributed by atoms with van der Waals surface area (Å²) in [4.78, 5) is 2.71. The van der Waals surface area contributed by atoms with E-state index in [9.17, 15) is 0 Å². The van der Waals surface area contributed by atoms with Crippen LogP contribution >= 0.6 is 0 Å². The molecule has 4 heteroatoms. The van der Waals surface area contributed by atoms with E-state index in [0.29, 0.717) is 12.0 Å². The van der Waals surface area contributed by atoms with Gasteiger partial charge in [-0.25, -0.2) is 0 Å². The molecule has 0 aromatic rings. The molecule has 0 N–H and O–H groups in total. The van der Waals surface area contributed by atoms with Crippen LogP contribution in [0.15, 0.2) is 5.11 Å². The number of azide groups is 1. The summed E-state index contributed by atoms with van der Waals surface area (Å²) in [5.74, 6) is 0. The van der Waals surface area contributed by atoms with E-state index >= 15 is 0 Å². The van der Waals surface area contributed by atoms with Crippen molar-refractivity contribution in [2.45, 2.75) is 25.4 Å². The fourth-order valence-electron chi connectivity index (χ4n) is 1.67. The molecular weight excluding hydrogens is 142 g/mol. The highest BCUT2D eigenvalue weighted by Crippen LogP contribution is 2.53. The highest BCUT2D eigenvalue weighted by Gasteiger charge is 2.48. The van der Waals surface area contributed by atoms with Crippen LogP contribution in [0, 0.1) is 5.41 Å². The molecule has 0 amide bonds. The predicted molar refractivity (Wildman–Crippen MR) is 40.0 cm³/mol. The van der Waals surface area contributed by atoms with Crippen LogP contribution in [-0.2, 0) is 4.74 Å². The standard InChI is InChI=1S/C7H11N3O/c8-10-9-4-6-3-7(1-2-7)5-11-6/h6H,1-5H2. The van der Waals surface area contributed by atoms with Crippen LogP contribution in [-0.4, -0.2) is 19.3 Å². The van der Waals surface area contributed by atoms with Crippen molar-refractivity contribution >= 4 is 0 Å². The van der Waals surface area contributed by atoms with Gasteiger partial charge in [0.05, 0.1) is 19.3 Å². The quantitative estimate of drug-likeness (QED) is 0.339. The zero-order valence-electron chi connectivity index (χ0n) is 6.36. The molecule has 60 valence electrons. The van der Waals surface area contributed by atoms with Gasteiger partial charge in [0.15, 0.2) is 0 Å². The summed E-state index contributed by atoms with van der Waals surface area (Å²) >= 11 is 0. The second-order valence-electron chi connectivity index (χ2n) is 3.55. The molecule has 0 radical (unpaired) electrons. The Bertz CT molecular complexity index is 206. The van der Waals surface area contributed by atoms with Crippen LogP contribution in [0.4, 0.5) is 0 Å². The molecule has 1 aliphatic carbocycles. The summed E-state index contributed by atoms with van der Waals surface area (Å²) in [5.41, 5.74) is 8.58. The molecule has 0 bridgehead atoms. The first-order chi connectivity index (χ1) is 5.35. The zero-order chi connectivity index (χ0) is 7.73. The van der Waals surface area contributed by atoms with Gasteiger partial charge in [0.1, 0.15) is 0 Å². The number of nitrogens with zero attached hydrogens (tertiary/aromatic N) is 3. The van der Waals surface area contributed by atoms with Gasteiger partial charge in [-0.15, -0.1) is 0 Å². The molecule has 1 saturated heterocycles. The van der Waals surface area contributed by atoms with Gasteiger partial charge < -0.3 is 4.74 Å². The van der Waals surface area contributed by atoms with Crippen molar-refractivity contribution in [2.75, 3.05) is 13.2 Å². The molecule has 4 nitrogen and oxygen atoms in total. The summed E-state index contributed by atoms with van der Waals surface area (Å²) in [6, 6.07) is 0. The first-order valence-corrected chi connectivity index (χ1v) is 3.97. The molecule has 1 saturated carbocycles. The van der Waals surface area contributed by atoms with Gasteiger partial charge in [-0.05, 0) is 30.2 Å². The Labute approximate surface area is 65.2 Å². The van der Waals surface area contributed by atoms with Crippen molar-refractivity contribution in [1.82, 2.24) is 0 Å². The van der Waals surface area contributed by atoms with Crippen molar-refractivity contribution in [1.29, 1.82) is 0 Å². The Kier molecular flexibility index (Phi) is 1.51. The van der Waals surface area contributed by atoms with Crippen molar-refractivity contribution in [3.05, 3.63) is 10.4 Å². The lowest BCUT2D eigenvalue weighted by Gasteiger charge is -2.02. The summed E-state index contributed by atoms with van der Waals surface area (Å²) in [6.07, 6.45) is 3.92. The third-order valence-corrected chi connectivity index (χ3v) is 2.59. The molecule has 1 atom stereocenters. The average molecular weight is 153 g/mol. The minimum Gasteiger partial charge on any atom is -0.377 e. The maximum Gasteiger partial charge on any atom is 0.0637 e. The smallest absolute Gasteiger partial charge is 0.0637 e. The molecule has 1 heterocycles. The average Bonchev–Trinajstić information content (AvgIpc) is 2.61.